The van der Waals surface area contributed by atoms with Gasteiger partial charge in [-0.15, -0.1) is 0 Å². The van der Waals surface area contributed by atoms with Gasteiger partial charge >= 0.3 is 7.82 Å². The summed E-state index contributed by atoms with van der Waals surface area (Å²) in [6.07, 6.45) is 31.9. The van der Waals surface area contributed by atoms with E-state index in [9.17, 15) is 19.4 Å². The van der Waals surface area contributed by atoms with E-state index in [2.05, 4.69) is 55.6 Å². The highest BCUT2D eigenvalue weighted by Gasteiger charge is 2.27. The first-order chi connectivity index (χ1) is 21.0. The summed E-state index contributed by atoms with van der Waals surface area (Å²) in [5.41, 5.74) is 0. The number of phosphoric acid groups is 1. The number of carbonyl (C=O) groups is 1. The van der Waals surface area contributed by atoms with Crippen LogP contribution in [-0.4, -0.2) is 73.4 Å². The van der Waals surface area contributed by atoms with E-state index in [1.807, 2.05) is 27.2 Å². The smallest absolute Gasteiger partial charge is 0.387 e. The average Bonchev–Trinajstić information content (AvgIpc) is 2.95. The van der Waals surface area contributed by atoms with Crippen molar-refractivity contribution in [2.24, 2.45) is 0 Å². The van der Waals surface area contributed by atoms with E-state index < -0.39 is 20.0 Å². The number of unbranched alkanes of at least 4 members (excludes halogenated alkanes) is 10. The first-order valence-electron chi connectivity index (χ1n) is 17.0. The molecule has 0 aromatic rings. The predicted molar refractivity (Wildman–Crippen MR) is 184 cm³/mol. The van der Waals surface area contributed by atoms with Gasteiger partial charge in [0.05, 0.1) is 39.9 Å². The van der Waals surface area contributed by atoms with Crippen LogP contribution in [0.1, 0.15) is 117 Å². The number of aliphatic hydroxyl groups is 1. The zero-order valence-corrected chi connectivity index (χ0v) is 29.5. The Hall–Kier alpha value is -1.54. The van der Waals surface area contributed by atoms with E-state index in [4.69, 9.17) is 9.05 Å². The molecule has 0 rings (SSSR count). The van der Waals surface area contributed by atoms with Crippen LogP contribution in [0.4, 0.5) is 0 Å². The number of rotatable bonds is 29. The number of quaternary nitrogens is 1. The topological polar surface area (TPSA) is 105 Å². The van der Waals surface area contributed by atoms with Crippen molar-refractivity contribution in [2.45, 2.75) is 129 Å². The molecule has 3 unspecified atom stereocenters. The number of likely N-dealkylation sites (N-methyl/N-ethyl adjacent to an activating group) is 1. The van der Waals surface area contributed by atoms with Crippen molar-refractivity contribution in [3.8, 4) is 0 Å². The molecule has 0 bridgehead atoms. The van der Waals surface area contributed by atoms with Gasteiger partial charge < -0.3 is 19.8 Å². The Morgan fingerprint density at radius 3 is 2.00 bits per heavy atom. The molecule has 0 heterocycles. The molecule has 1 amide bonds. The molecule has 0 saturated carbocycles. The molecule has 8 nitrogen and oxygen atoms in total. The molecular formula is C35H66N2O6P+. The van der Waals surface area contributed by atoms with Gasteiger partial charge in [0.25, 0.3) is 0 Å². The van der Waals surface area contributed by atoms with Crippen LogP contribution in [-0.2, 0) is 18.4 Å². The monoisotopic (exact) mass is 641 g/mol. The normalized spacial score (nSPS) is 15.5. The van der Waals surface area contributed by atoms with Crippen molar-refractivity contribution in [3.05, 3.63) is 48.6 Å². The molecule has 0 spiro atoms. The number of hydrogen-bond acceptors (Lipinski definition) is 5. The Morgan fingerprint density at radius 2 is 1.36 bits per heavy atom. The minimum Gasteiger partial charge on any atom is -0.387 e. The average molecular weight is 642 g/mol. The summed E-state index contributed by atoms with van der Waals surface area (Å²) >= 11 is 0. The van der Waals surface area contributed by atoms with E-state index >= 15 is 0 Å². The number of carbonyl (C=O) groups excluding carboxylic acids is 1. The van der Waals surface area contributed by atoms with Gasteiger partial charge in [-0.25, -0.2) is 4.57 Å². The Labute approximate surface area is 269 Å². The molecule has 44 heavy (non-hydrogen) atoms. The maximum atomic E-state index is 12.7. The molecule has 3 atom stereocenters. The quantitative estimate of drug-likeness (QED) is 0.0329. The van der Waals surface area contributed by atoms with E-state index in [1.54, 1.807) is 6.08 Å². The van der Waals surface area contributed by atoms with Gasteiger partial charge in [-0.1, -0.05) is 107 Å². The van der Waals surface area contributed by atoms with Crippen molar-refractivity contribution in [1.82, 2.24) is 5.32 Å². The fraction of sp³-hybridized carbons (Fsp3) is 0.743. The molecule has 256 valence electrons. The predicted octanol–water partition coefficient (Wildman–Crippen LogP) is 8.18. The van der Waals surface area contributed by atoms with E-state index in [-0.39, 0.29) is 19.1 Å². The summed E-state index contributed by atoms with van der Waals surface area (Å²) < 4.78 is 23.3. The third kappa shape index (κ3) is 29.2. The van der Waals surface area contributed by atoms with Gasteiger partial charge in [-0.3, -0.25) is 13.8 Å². The van der Waals surface area contributed by atoms with Crippen molar-refractivity contribution in [3.63, 3.8) is 0 Å². The molecule has 0 aromatic heterocycles. The second-order valence-electron chi connectivity index (χ2n) is 12.5. The molecule has 0 aromatic carbocycles. The van der Waals surface area contributed by atoms with Crippen LogP contribution in [0, 0.1) is 0 Å². The first kappa shape index (κ1) is 42.5. The molecule has 0 fully saturated rings. The molecule has 0 aliphatic heterocycles. The lowest BCUT2D eigenvalue weighted by atomic mass is 10.1. The molecule has 0 aliphatic rings. The van der Waals surface area contributed by atoms with Crippen molar-refractivity contribution in [1.29, 1.82) is 0 Å². The fourth-order valence-corrected chi connectivity index (χ4v) is 5.02. The maximum absolute atomic E-state index is 12.7. The summed E-state index contributed by atoms with van der Waals surface area (Å²) in [4.78, 5) is 22.8. The van der Waals surface area contributed by atoms with Gasteiger partial charge in [0.1, 0.15) is 13.2 Å². The summed E-state index contributed by atoms with van der Waals surface area (Å²) in [5.74, 6) is -0.203. The highest BCUT2D eigenvalue weighted by Crippen LogP contribution is 2.43. The number of hydrogen-bond donors (Lipinski definition) is 3. The zero-order valence-electron chi connectivity index (χ0n) is 28.6. The number of aliphatic hydroxyl groups excluding tert-OH is 1. The van der Waals surface area contributed by atoms with E-state index in [0.29, 0.717) is 17.4 Å². The van der Waals surface area contributed by atoms with Gasteiger partial charge in [-0.2, -0.15) is 0 Å². The number of nitrogens with zero attached hydrogens (tertiary/aromatic N) is 1. The molecule has 0 radical (unpaired) electrons. The number of amides is 1. The lowest BCUT2D eigenvalue weighted by Gasteiger charge is -2.25. The van der Waals surface area contributed by atoms with Crippen LogP contribution >= 0.6 is 7.82 Å². The summed E-state index contributed by atoms with van der Waals surface area (Å²) in [5, 5.41) is 13.6. The van der Waals surface area contributed by atoms with Crippen LogP contribution in [0.5, 0.6) is 0 Å². The lowest BCUT2D eigenvalue weighted by molar-refractivity contribution is -0.870. The fourth-order valence-electron chi connectivity index (χ4n) is 4.29. The van der Waals surface area contributed by atoms with Gasteiger partial charge in [0, 0.05) is 6.42 Å². The van der Waals surface area contributed by atoms with Gasteiger partial charge in [0.15, 0.2) is 0 Å². The second kappa shape index (κ2) is 27.7. The van der Waals surface area contributed by atoms with E-state index in [1.165, 1.54) is 19.3 Å². The van der Waals surface area contributed by atoms with Crippen molar-refractivity contribution < 1.29 is 32.9 Å². The third-order valence-corrected chi connectivity index (χ3v) is 8.04. The number of phosphoric ester groups is 1. The lowest BCUT2D eigenvalue weighted by Crippen LogP contribution is -2.45. The highest BCUT2D eigenvalue weighted by molar-refractivity contribution is 7.47. The van der Waals surface area contributed by atoms with E-state index in [0.717, 1.165) is 77.0 Å². The first-order valence-corrected chi connectivity index (χ1v) is 18.5. The van der Waals surface area contributed by atoms with Gasteiger partial charge in [0.2, 0.25) is 5.91 Å². The molecule has 0 aliphatic carbocycles. The molecule has 9 heteroatoms. The molecule has 0 saturated heterocycles. The number of allylic oxidation sites excluding steroid dienone is 7. The standard InChI is InChI=1S/C35H65N2O6P/c1-6-8-10-12-14-15-16-17-18-19-20-21-23-25-27-29-35(39)36-33(34(38)28-26-24-22-13-11-9-7-2)32-43-44(40,41)42-31-30-37(3,4)5/h8,10,14-15,17-18,26,28,33-34,38H,6-7,9,11-13,16,19-25,27,29-32H2,1-5H3,(H-,36,39,40,41)/p+1/b10-8-,15-14-,18-17-,28-26+. The highest BCUT2D eigenvalue weighted by atomic mass is 31.2. The van der Waals surface area contributed by atoms with Crippen LogP contribution in [0.3, 0.4) is 0 Å². The van der Waals surface area contributed by atoms with Crippen LogP contribution in [0.25, 0.3) is 0 Å². The SMILES string of the molecule is CC/C=C\C/C=C\C/C=C\CCCCCCCC(=O)NC(COP(=O)(O)OCC[N+](C)(C)C)C(O)/C=C/CCCCCCC. The summed E-state index contributed by atoms with van der Waals surface area (Å²) in [6.45, 7) is 4.58. The van der Waals surface area contributed by atoms with Gasteiger partial charge in [-0.05, 0) is 51.4 Å². The Kier molecular flexibility index (Phi) is 26.8. The minimum absolute atomic E-state index is 0.0552. The van der Waals surface area contributed by atoms with Crippen LogP contribution in [0.2, 0.25) is 0 Å². The zero-order chi connectivity index (χ0) is 32.9. The second-order valence-corrected chi connectivity index (χ2v) is 14.0. The van der Waals surface area contributed by atoms with Crippen LogP contribution < -0.4 is 5.32 Å². The number of nitrogens with one attached hydrogen (secondary N) is 1. The minimum atomic E-state index is -4.32. The Morgan fingerprint density at radius 1 is 0.795 bits per heavy atom. The maximum Gasteiger partial charge on any atom is 0.472 e. The summed E-state index contributed by atoms with van der Waals surface area (Å²) in [7, 11) is 1.54. The third-order valence-electron chi connectivity index (χ3n) is 7.05. The van der Waals surface area contributed by atoms with Crippen LogP contribution in [0.15, 0.2) is 48.6 Å². The molecular weight excluding hydrogens is 575 g/mol. The van der Waals surface area contributed by atoms with Crippen molar-refractivity contribution in [2.75, 3.05) is 40.9 Å². The van der Waals surface area contributed by atoms with Crippen molar-refractivity contribution >= 4 is 13.7 Å². The Balaban J connectivity index is 4.54. The molecule has 3 N–H and O–H groups in total. The largest absolute Gasteiger partial charge is 0.472 e. The summed E-state index contributed by atoms with van der Waals surface area (Å²) in [6, 6.07) is -0.851. The Bertz CT molecular complexity index is 866.